The van der Waals surface area contributed by atoms with Gasteiger partial charge in [-0.3, -0.25) is 0 Å². The van der Waals surface area contributed by atoms with E-state index < -0.39 is 6.36 Å². The van der Waals surface area contributed by atoms with Gasteiger partial charge >= 0.3 is 6.36 Å². The minimum Gasteiger partial charge on any atom is -0.496 e. The molecule has 0 amide bonds. The molecule has 3 rings (SSSR count). The first-order chi connectivity index (χ1) is 13.2. The van der Waals surface area contributed by atoms with Gasteiger partial charge in [0, 0.05) is 23.2 Å². The van der Waals surface area contributed by atoms with Crippen molar-refractivity contribution in [2.24, 2.45) is 10.7 Å². The zero-order valence-corrected chi connectivity index (χ0v) is 15.3. The Morgan fingerprint density at radius 3 is 2.64 bits per heavy atom. The molecule has 2 aromatic rings. The van der Waals surface area contributed by atoms with Crippen molar-refractivity contribution in [2.75, 3.05) is 12.4 Å². The predicted molar refractivity (Wildman–Crippen MR) is 98.9 cm³/mol. The Labute approximate surface area is 160 Å². The summed E-state index contributed by atoms with van der Waals surface area (Å²) in [6, 6.07) is 9.02. The second kappa shape index (κ2) is 7.87. The maximum Gasteiger partial charge on any atom is 0.573 e. The van der Waals surface area contributed by atoms with Crippen molar-refractivity contribution in [2.45, 2.75) is 32.4 Å². The number of halogens is 3. The molecule has 0 radical (unpaired) electrons. The number of ether oxygens (including phenoxy) is 3. The van der Waals surface area contributed by atoms with Crippen LogP contribution in [0, 0.1) is 0 Å². The van der Waals surface area contributed by atoms with Gasteiger partial charge in [-0.25, -0.2) is 4.99 Å². The number of nitrogens with zero attached hydrogens (tertiary/aromatic N) is 1. The topological polar surface area (TPSA) is 78.1 Å². The van der Waals surface area contributed by atoms with Crippen molar-refractivity contribution in [3.8, 4) is 17.2 Å². The second-order valence-electron chi connectivity index (χ2n) is 6.30. The van der Waals surface area contributed by atoms with Crippen molar-refractivity contribution >= 4 is 11.6 Å². The summed E-state index contributed by atoms with van der Waals surface area (Å²) in [5.74, 6) is 1.30. The van der Waals surface area contributed by atoms with Crippen LogP contribution >= 0.6 is 0 Å². The Hall–Kier alpha value is -3.10. The zero-order chi connectivity index (χ0) is 20.3. The molecule has 0 saturated carbocycles. The van der Waals surface area contributed by atoms with E-state index in [-0.39, 0.29) is 24.4 Å². The van der Waals surface area contributed by atoms with Crippen molar-refractivity contribution in [3.63, 3.8) is 0 Å². The number of fused-ring (bicyclic) bond motifs is 1. The van der Waals surface area contributed by atoms with Gasteiger partial charge in [0.1, 0.15) is 23.4 Å². The molecule has 6 nitrogen and oxygen atoms in total. The van der Waals surface area contributed by atoms with Crippen LogP contribution in [0.15, 0.2) is 41.4 Å². The van der Waals surface area contributed by atoms with Crippen LogP contribution in [0.3, 0.4) is 0 Å². The third kappa shape index (κ3) is 4.99. The zero-order valence-electron chi connectivity index (χ0n) is 15.3. The minimum atomic E-state index is -4.73. The van der Waals surface area contributed by atoms with Crippen LogP contribution in [0.25, 0.3) is 0 Å². The molecule has 1 heterocycles. The van der Waals surface area contributed by atoms with E-state index in [1.54, 1.807) is 7.11 Å². The molecule has 3 N–H and O–H groups in total. The first kappa shape index (κ1) is 19.7. The van der Waals surface area contributed by atoms with Gasteiger partial charge in [-0.15, -0.1) is 13.2 Å². The fraction of sp³-hybridized carbons (Fsp3) is 0.316. The fourth-order valence-corrected chi connectivity index (χ4v) is 2.89. The summed E-state index contributed by atoms with van der Waals surface area (Å²) in [4.78, 5) is 4.26. The quantitative estimate of drug-likeness (QED) is 0.594. The Balaban J connectivity index is 1.66. The molecule has 1 aliphatic rings. The van der Waals surface area contributed by atoms with Crippen molar-refractivity contribution in [1.82, 2.24) is 0 Å². The number of rotatable bonds is 5. The number of alkyl halides is 3. The van der Waals surface area contributed by atoms with Gasteiger partial charge < -0.3 is 25.3 Å². The summed E-state index contributed by atoms with van der Waals surface area (Å²) >= 11 is 0. The number of methoxy groups -OCH3 is 1. The van der Waals surface area contributed by atoms with Gasteiger partial charge in [0.05, 0.1) is 13.7 Å². The highest BCUT2D eigenvalue weighted by molar-refractivity contribution is 5.92. The lowest BCUT2D eigenvalue weighted by Crippen LogP contribution is -2.22. The molecule has 0 aromatic heterocycles. The number of hydrogen-bond donors (Lipinski definition) is 2. The highest BCUT2D eigenvalue weighted by atomic mass is 19.4. The SMILES string of the molecule is COc1cc2c(cc1CN=C(N)Nc1ccc(OC(F)(F)F)cc1)OC(C)C2. The highest BCUT2D eigenvalue weighted by Gasteiger charge is 2.31. The number of nitrogens with one attached hydrogen (secondary N) is 1. The van der Waals surface area contributed by atoms with Gasteiger partial charge in [-0.2, -0.15) is 0 Å². The molecule has 0 aliphatic carbocycles. The fourth-order valence-electron chi connectivity index (χ4n) is 2.89. The maximum absolute atomic E-state index is 12.2. The maximum atomic E-state index is 12.2. The molecule has 0 fully saturated rings. The van der Waals surface area contributed by atoms with Crippen molar-refractivity contribution < 1.29 is 27.4 Å². The Kier molecular flexibility index (Phi) is 5.53. The lowest BCUT2D eigenvalue weighted by atomic mass is 10.1. The van der Waals surface area contributed by atoms with E-state index >= 15 is 0 Å². The summed E-state index contributed by atoms with van der Waals surface area (Å²) in [6.07, 6.45) is -3.78. The van der Waals surface area contributed by atoms with Crippen LogP contribution in [0.4, 0.5) is 18.9 Å². The standard InChI is InChI=1S/C19H20F3N3O3/c1-11-7-12-8-16(26-2)13(9-17(12)27-11)10-24-18(23)25-14-3-5-15(6-4-14)28-19(20,21)22/h3-6,8-9,11H,7,10H2,1-2H3,(H3,23,24,25). The molecule has 9 heteroatoms. The summed E-state index contributed by atoms with van der Waals surface area (Å²) < 4.78 is 51.5. The van der Waals surface area contributed by atoms with Gasteiger partial charge in [0.15, 0.2) is 5.96 Å². The van der Waals surface area contributed by atoms with Gasteiger partial charge in [0.25, 0.3) is 0 Å². The lowest BCUT2D eigenvalue weighted by molar-refractivity contribution is -0.274. The minimum absolute atomic E-state index is 0.112. The highest BCUT2D eigenvalue weighted by Crippen LogP contribution is 2.35. The predicted octanol–water partition coefficient (Wildman–Crippen LogP) is 3.84. The van der Waals surface area contributed by atoms with Crippen LogP contribution in [0.2, 0.25) is 0 Å². The number of anilines is 1. The molecule has 0 spiro atoms. The number of benzene rings is 2. The Morgan fingerprint density at radius 2 is 2.00 bits per heavy atom. The summed E-state index contributed by atoms with van der Waals surface area (Å²) in [5.41, 5.74) is 8.26. The summed E-state index contributed by atoms with van der Waals surface area (Å²) in [6.45, 7) is 2.25. The van der Waals surface area contributed by atoms with Crippen LogP contribution in [0.5, 0.6) is 17.2 Å². The molecule has 150 valence electrons. The van der Waals surface area contributed by atoms with Crippen LogP contribution in [0.1, 0.15) is 18.1 Å². The van der Waals surface area contributed by atoms with Gasteiger partial charge in [0.2, 0.25) is 0 Å². The van der Waals surface area contributed by atoms with E-state index in [9.17, 15) is 13.2 Å². The summed E-state index contributed by atoms with van der Waals surface area (Å²) in [5, 5.41) is 2.82. The average Bonchev–Trinajstić information content (AvgIpc) is 2.98. The molecule has 28 heavy (non-hydrogen) atoms. The number of aliphatic imine (C=N–C) groups is 1. The number of guanidine groups is 1. The van der Waals surface area contributed by atoms with Crippen LogP contribution in [-0.4, -0.2) is 25.5 Å². The summed E-state index contributed by atoms with van der Waals surface area (Å²) in [7, 11) is 1.58. The van der Waals surface area contributed by atoms with Crippen LogP contribution < -0.4 is 25.3 Å². The Bertz CT molecular complexity index is 867. The third-order valence-electron chi connectivity index (χ3n) is 4.08. The van der Waals surface area contributed by atoms with E-state index in [1.807, 2.05) is 19.1 Å². The van der Waals surface area contributed by atoms with E-state index in [0.29, 0.717) is 11.4 Å². The van der Waals surface area contributed by atoms with Crippen molar-refractivity contribution in [1.29, 1.82) is 0 Å². The number of hydrogen-bond acceptors (Lipinski definition) is 4. The second-order valence-corrected chi connectivity index (χ2v) is 6.30. The Morgan fingerprint density at radius 1 is 1.29 bits per heavy atom. The first-order valence-electron chi connectivity index (χ1n) is 8.52. The lowest BCUT2D eigenvalue weighted by Gasteiger charge is -2.11. The van der Waals surface area contributed by atoms with E-state index in [2.05, 4.69) is 15.0 Å². The first-order valence-corrected chi connectivity index (χ1v) is 8.52. The molecule has 0 saturated heterocycles. The largest absolute Gasteiger partial charge is 0.573 e. The molecule has 2 aromatic carbocycles. The van der Waals surface area contributed by atoms with Crippen molar-refractivity contribution in [3.05, 3.63) is 47.5 Å². The molecule has 1 aliphatic heterocycles. The van der Waals surface area contributed by atoms with Gasteiger partial charge in [-0.1, -0.05) is 0 Å². The normalized spacial score (nSPS) is 16.3. The number of nitrogens with two attached hydrogens (primary N) is 1. The third-order valence-corrected chi connectivity index (χ3v) is 4.08. The van der Waals surface area contributed by atoms with Crippen LogP contribution in [-0.2, 0) is 13.0 Å². The monoisotopic (exact) mass is 395 g/mol. The van der Waals surface area contributed by atoms with E-state index in [0.717, 1.165) is 23.3 Å². The van der Waals surface area contributed by atoms with E-state index in [1.165, 1.54) is 24.3 Å². The van der Waals surface area contributed by atoms with E-state index in [4.69, 9.17) is 15.2 Å². The van der Waals surface area contributed by atoms with Gasteiger partial charge in [-0.05, 0) is 43.3 Å². The molecule has 1 unspecified atom stereocenters. The smallest absolute Gasteiger partial charge is 0.496 e. The molecule has 1 atom stereocenters. The molecule has 0 bridgehead atoms. The average molecular weight is 395 g/mol. The molecular weight excluding hydrogens is 375 g/mol. The molecular formula is C19H20F3N3O3.